The number of amides is 1. The predicted octanol–water partition coefficient (Wildman–Crippen LogP) is 2.15. The minimum atomic E-state index is -0.681. The summed E-state index contributed by atoms with van der Waals surface area (Å²) in [5.74, 6) is -0.797. The number of aromatic nitrogens is 1. The van der Waals surface area contributed by atoms with E-state index in [1.807, 2.05) is 6.92 Å². The number of hydrogen-bond acceptors (Lipinski definition) is 7. The summed E-state index contributed by atoms with van der Waals surface area (Å²) in [6.07, 6.45) is 3.24. The molecule has 3 heterocycles. The lowest BCUT2D eigenvalue weighted by Crippen LogP contribution is -2.42. The van der Waals surface area contributed by atoms with Gasteiger partial charge in [0.15, 0.2) is 0 Å². The number of aliphatic hydroxyl groups is 1. The topological polar surface area (TPSA) is 92.2 Å². The molecule has 1 aromatic heterocycles. The Morgan fingerprint density at radius 2 is 1.88 bits per heavy atom. The number of carbonyl (C=O) groups is 2. The van der Waals surface area contributed by atoms with Crippen molar-refractivity contribution in [2.24, 2.45) is 0 Å². The maximum absolute atomic E-state index is 13.1. The molecule has 2 aromatic rings. The molecule has 0 aliphatic carbocycles. The summed E-state index contributed by atoms with van der Waals surface area (Å²) in [6.45, 7) is 5.74. The van der Waals surface area contributed by atoms with Crippen molar-refractivity contribution >= 4 is 17.4 Å². The number of methoxy groups -OCH3 is 1. The minimum Gasteiger partial charge on any atom is -0.507 e. The Bertz CT molecular complexity index is 1030. The largest absolute Gasteiger partial charge is 0.507 e. The Balaban J connectivity index is 1.72. The van der Waals surface area contributed by atoms with Crippen molar-refractivity contribution in [2.45, 2.75) is 13.0 Å². The van der Waals surface area contributed by atoms with Gasteiger partial charge < -0.3 is 19.5 Å². The van der Waals surface area contributed by atoms with E-state index < -0.39 is 17.7 Å². The Kier molecular flexibility index (Phi) is 6.53. The van der Waals surface area contributed by atoms with Crippen LogP contribution < -0.4 is 4.74 Å². The first kappa shape index (κ1) is 22.0. The Morgan fingerprint density at radius 3 is 2.53 bits per heavy atom. The normalized spacial score (nSPS) is 21.2. The Hall–Kier alpha value is -3.23. The van der Waals surface area contributed by atoms with Crippen LogP contribution in [-0.2, 0) is 14.3 Å². The zero-order chi connectivity index (χ0) is 22.7. The molecule has 0 spiro atoms. The quantitative estimate of drug-likeness (QED) is 0.421. The van der Waals surface area contributed by atoms with Crippen LogP contribution in [0.4, 0.5) is 0 Å². The number of rotatable bonds is 6. The third-order valence-electron chi connectivity index (χ3n) is 5.99. The Labute approximate surface area is 187 Å². The minimum absolute atomic E-state index is 0.0905. The van der Waals surface area contributed by atoms with Gasteiger partial charge in [-0.15, -0.1) is 0 Å². The number of aliphatic hydroxyl groups excluding tert-OH is 1. The smallest absolute Gasteiger partial charge is 0.295 e. The van der Waals surface area contributed by atoms with Crippen molar-refractivity contribution in [3.05, 3.63) is 65.0 Å². The molecule has 32 heavy (non-hydrogen) atoms. The molecule has 1 N–H and O–H groups in total. The van der Waals surface area contributed by atoms with Gasteiger partial charge in [0.1, 0.15) is 11.5 Å². The van der Waals surface area contributed by atoms with E-state index in [0.717, 1.165) is 24.2 Å². The number of morpholine rings is 1. The molecular weight excluding hydrogens is 410 g/mol. The van der Waals surface area contributed by atoms with Gasteiger partial charge in [-0.3, -0.25) is 19.5 Å². The molecule has 2 aliphatic rings. The second kappa shape index (κ2) is 9.50. The van der Waals surface area contributed by atoms with E-state index in [2.05, 4.69) is 9.88 Å². The van der Waals surface area contributed by atoms with Crippen molar-refractivity contribution in [2.75, 3.05) is 46.5 Å². The van der Waals surface area contributed by atoms with Crippen LogP contribution in [-0.4, -0.2) is 78.1 Å². The van der Waals surface area contributed by atoms with Crippen LogP contribution >= 0.6 is 0 Å². The first-order chi connectivity index (χ1) is 15.5. The molecular formula is C24H27N3O5. The van der Waals surface area contributed by atoms with Gasteiger partial charge in [0.05, 0.1) is 31.9 Å². The second-order valence-corrected chi connectivity index (χ2v) is 7.91. The molecule has 2 saturated heterocycles. The van der Waals surface area contributed by atoms with Crippen molar-refractivity contribution < 1.29 is 24.2 Å². The number of pyridine rings is 1. The molecule has 4 rings (SSSR count). The zero-order valence-electron chi connectivity index (χ0n) is 18.3. The highest BCUT2D eigenvalue weighted by Gasteiger charge is 2.46. The van der Waals surface area contributed by atoms with Crippen LogP contribution in [0.25, 0.3) is 5.76 Å². The molecule has 2 aliphatic heterocycles. The van der Waals surface area contributed by atoms with E-state index in [4.69, 9.17) is 9.47 Å². The van der Waals surface area contributed by atoms with E-state index in [1.54, 1.807) is 54.7 Å². The van der Waals surface area contributed by atoms with Gasteiger partial charge in [-0.05, 0) is 48.4 Å². The predicted molar refractivity (Wildman–Crippen MR) is 118 cm³/mol. The van der Waals surface area contributed by atoms with Crippen LogP contribution in [0.5, 0.6) is 5.75 Å². The average Bonchev–Trinajstić information content (AvgIpc) is 3.08. The molecule has 8 nitrogen and oxygen atoms in total. The van der Waals surface area contributed by atoms with E-state index >= 15 is 0 Å². The lowest BCUT2D eigenvalue weighted by atomic mass is 9.95. The van der Waals surface area contributed by atoms with E-state index in [0.29, 0.717) is 37.6 Å². The van der Waals surface area contributed by atoms with Gasteiger partial charge >= 0.3 is 0 Å². The fraction of sp³-hybridized carbons (Fsp3) is 0.375. The molecule has 8 heteroatoms. The monoisotopic (exact) mass is 437 g/mol. The molecule has 1 aromatic carbocycles. The highest BCUT2D eigenvalue weighted by Crippen LogP contribution is 2.39. The van der Waals surface area contributed by atoms with Gasteiger partial charge in [0, 0.05) is 44.1 Å². The summed E-state index contributed by atoms with van der Waals surface area (Å²) in [4.78, 5) is 33.9. The summed E-state index contributed by atoms with van der Waals surface area (Å²) in [7, 11) is 1.57. The number of carbonyl (C=O) groups excluding carboxylic acids is 2. The van der Waals surface area contributed by atoms with Gasteiger partial charge in [-0.1, -0.05) is 0 Å². The van der Waals surface area contributed by atoms with Gasteiger partial charge in [0.2, 0.25) is 0 Å². The molecule has 1 amide bonds. The first-order valence-corrected chi connectivity index (χ1v) is 10.6. The molecule has 2 fully saturated rings. The van der Waals surface area contributed by atoms with Crippen molar-refractivity contribution in [3.63, 3.8) is 0 Å². The maximum Gasteiger partial charge on any atom is 0.295 e. The fourth-order valence-corrected chi connectivity index (χ4v) is 4.26. The molecule has 168 valence electrons. The SMILES string of the molecule is COc1ccc(/C(O)=C2/C(=O)C(=O)N(CCN3CCOCC3)C2c2ccncc2)cc1C. The maximum atomic E-state index is 13.1. The summed E-state index contributed by atoms with van der Waals surface area (Å²) in [5.41, 5.74) is 2.10. The summed E-state index contributed by atoms with van der Waals surface area (Å²) in [5, 5.41) is 11.2. The summed E-state index contributed by atoms with van der Waals surface area (Å²) in [6, 6.07) is 8.03. The zero-order valence-corrected chi connectivity index (χ0v) is 18.3. The molecule has 0 saturated carbocycles. The standard InChI is InChI=1S/C24H27N3O5/c1-16-15-18(3-4-19(16)31-2)22(28)20-21(17-5-7-25-8-6-17)27(24(30)23(20)29)10-9-26-11-13-32-14-12-26/h3-8,15,21,28H,9-14H2,1-2H3/b22-20-. The van der Waals surface area contributed by atoms with Crippen LogP contribution in [0.15, 0.2) is 48.3 Å². The number of hydrogen-bond donors (Lipinski definition) is 1. The molecule has 0 bridgehead atoms. The van der Waals surface area contributed by atoms with Crippen molar-refractivity contribution in [1.82, 2.24) is 14.8 Å². The number of ether oxygens (including phenoxy) is 2. The van der Waals surface area contributed by atoms with Gasteiger partial charge in [-0.25, -0.2) is 0 Å². The molecule has 1 unspecified atom stereocenters. The number of Topliss-reactive ketones (excluding diaryl/α,β-unsaturated/α-hetero) is 1. The van der Waals surface area contributed by atoms with Crippen molar-refractivity contribution in [1.29, 1.82) is 0 Å². The Morgan fingerprint density at radius 1 is 1.16 bits per heavy atom. The van der Waals surface area contributed by atoms with Crippen LogP contribution in [0.2, 0.25) is 0 Å². The number of benzene rings is 1. The third kappa shape index (κ3) is 4.24. The van der Waals surface area contributed by atoms with E-state index in [9.17, 15) is 14.7 Å². The van der Waals surface area contributed by atoms with Crippen LogP contribution in [0.1, 0.15) is 22.7 Å². The third-order valence-corrected chi connectivity index (χ3v) is 5.99. The van der Waals surface area contributed by atoms with Crippen LogP contribution in [0.3, 0.4) is 0 Å². The van der Waals surface area contributed by atoms with E-state index in [1.165, 1.54) is 0 Å². The number of nitrogens with zero attached hydrogens (tertiary/aromatic N) is 3. The highest BCUT2D eigenvalue weighted by molar-refractivity contribution is 6.46. The van der Waals surface area contributed by atoms with Crippen molar-refractivity contribution in [3.8, 4) is 5.75 Å². The highest BCUT2D eigenvalue weighted by atomic mass is 16.5. The second-order valence-electron chi connectivity index (χ2n) is 7.91. The lowest BCUT2D eigenvalue weighted by Gasteiger charge is -2.31. The molecule has 1 atom stereocenters. The summed E-state index contributed by atoms with van der Waals surface area (Å²) >= 11 is 0. The molecule has 0 radical (unpaired) electrons. The number of aryl methyl sites for hydroxylation is 1. The number of likely N-dealkylation sites (tertiary alicyclic amines) is 1. The van der Waals surface area contributed by atoms with Gasteiger partial charge in [0.25, 0.3) is 11.7 Å². The summed E-state index contributed by atoms with van der Waals surface area (Å²) < 4.78 is 10.7. The average molecular weight is 437 g/mol. The number of ketones is 1. The van der Waals surface area contributed by atoms with Crippen LogP contribution in [0, 0.1) is 6.92 Å². The first-order valence-electron chi connectivity index (χ1n) is 10.6. The lowest BCUT2D eigenvalue weighted by molar-refractivity contribution is -0.140. The fourth-order valence-electron chi connectivity index (χ4n) is 4.26. The van der Waals surface area contributed by atoms with E-state index in [-0.39, 0.29) is 11.3 Å². The van der Waals surface area contributed by atoms with Gasteiger partial charge in [-0.2, -0.15) is 0 Å².